The fraction of sp³-hybridized carbons (Fsp3) is 0.364. The van der Waals surface area contributed by atoms with E-state index in [-0.39, 0.29) is 5.91 Å². The smallest absolute Gasteiger partial charge is 0.252 e. The van der Waals surface area contributed by atoms with Crippen molar-refractivity contribution in [2.24, 2.45) is 5.92 Å². The lowest BCUT2D eigenvalue weighted by Crippen LogP contribution is -2.25. The van der Waals surface area contributed by atoms with Gasteiger partial charge < -0.3 is 9.88 Å². The summed E-state index contributed by atoms with van der Waals surface area (Å²) in [4.78, 5) is 17.1. The van der Waals surface area contributed by atoms with Crippen LogP contribution in [0.25, 0.3) is 11.0 Å². The fourth-order valence-electron chi connectivity index (χ4n) is 3.14. The van der Waals surface area contributed by atoms with Crippen molar-refractivity contribution in [3.63, 3.8) is 0 Å². The van der Waals surface area contributed by atoms with Crippen LogP contribution in [0.5, 0.6) is 0 Å². The first-order valence-electron chi connectivity index (χ1n) is 9.53. The van der Waals surface area contributed by atoms with Gasteiger partial charge in [-0.15, -0.1) is 0 Å². The SMILES string of the molecule is CC(C)CCn1c(CCCNC(=O)c2ccccc2Cl)nc2ccccc21. The summed E-state index contributed by atoms with van der Waals surface area (Å²) in [6.07, 6.45) is 2.79. The number of benzene rings is 2. The topological polar surface area (TPSA) is 46.9 Å². The Labute approximate surface area is 165 Å². The second kappa shape index (κ2) is 9.05. The molecule has 0 aliphatic rings. The van der Waals surface area contributed by atoms with Crippen LogP contribution in [0.3, 0.4) is 0 Å². The van der Waals surface area contributed by atoms with Crippen LogP contribution in [-0.2, 0) is 13.0 Å². The molecule has 0 unspecified atom stereocenters. The van der Waals surface area contributed by atoms with Gasteiger partial charge in [0.25, 0.3) is 5.91 Å². The first kappa shape index (κ1) is 19.4. The molecule has 1 aromatic heterocycles. The molecule has 142 valence electrons. The van der Waals surface area contributed by atoms with Crippen molar-refractivity contribution in [1.29, 1.82) is 0 Å². The number of imidazole rings is 1. The number of aromatic nitrogens is 2. The first-order chi connectivity index (χ1) is 13.1. The number of fused-ring (bicyclic) bond motifs is 1. The minimum absolute atomic E-state index is 0.131. The van der Waals surface area contributed by atoms with Crippen molar-refractivity contribution < 1.29 is 4.79 Å². The molecule has 0 radical (unpaired) electrons. The van der Waals surface area contributed by atoms with Gasteiger partial charge in [-0.3, -0.25) is 4.79 Å². The van der Waals surface area contributed by atoms with Crippen molar-refractivity contribution in [2.75, 3.05) is 6.54 Å². The van der Waals surface area contributed by atoms with E-state index < -0.39 is 0 Å². The number of carbonyl (C=O) groups excluding carboxylic acids is 1. The molecule has 27 heavy (non-hydrogen) atoms. The molecule has 4 nitrogen and oxygen atoms in total. The van der Waals surface area contributed by atoms with Crippen molar-refractivity contribution in [1.82, 2.24) is 14.9 Å². The van der Waals surface area contributed by atoms with Crippen LogP contribution in [-0.4, -0.2) is 22.0 Å². The molecule has 0 saturated carbocycles. The molecule has 1 N–H and O–H groups in total. The normalized spacial score (nSPS) is 11.3. The largest absolute Gasteiger partial charge is 0.352 e. The highest BCUT2D eigenvalue weighted by atomic mass is 35.5. The van der Waals surface area contributed by atoms with E-state index in [9.17, 15) is 4.79 Å². The van der Waals surface area contributed by atoms with Crippen molar-refractivity contribution >= 4 is 28.5 Å². The summed E-state index contributed by atoms with van der Waals surface area (Å²) in [5.74, 6) is 1.60. The minimum atomic E-state index is -0.131. The van der Waals surface area contributed by atoms with Crippen LogP contribution < -0.4 is 5.32 Å². The number of nitrogens with one attached hydrogen (secondary N) is 1. The monoisotopic (exact) mass is 383 g/mol. The fourth-order valence-corrected chi connectivity index (χ4v) is 3.36. The third-order valence-electron chi connectivity index (χ3n) is 4.64. The Kier molecular flexibility index (Phi) is 6.51. The van der Waals surface area contributed by atoms with Gasteiger partial charge in [-0.2, -0.15) is 0 Å². The van der Waals surface area contributed by atoms with E-state index in [4.69, 9.17) is 16.6 Å². The third kappa shape index (κ3) is 4.89. The van der Waals surface area contributed by atoms with Gasteiger partial charge in [-0.25, -0.2) is 4.98 Å². The second-order valence-corrected chi connectivity index (χ2v) is 7.60. The molecular weight excluding hydrogens is 358 g/mol. The summed E-state index contributed by atoms with van der Waals surface area (Å²) in [6.45, 7) is 6.04. The predicted molar refractivity (Wildman–Crippen MR) is 111 cm³/mol. The summed E-state index contributed by atoms with van der Waals surface area (Å²) in [5.41, 5.74) is 2.74. The van der Waals surface area contributed by atoms with E-state index in [1.165, 1.54) is 5.52 Å². The predicted octanol–water partition coefficient (Wildman–Crippen LogP) is 5.10. The van der Waals surface area contributed by atoms with E-state index >= 15 is 0 Å². The zero-order valence-corrected chi connectivity index (χ0v) is 16.7. The van der Waals surface area contributed by atoms with Gasteiger partial charge in [0.15, 0.2) is 0 Å². The zero-order chi connectivity index (χ0) is 19.2. The van der Waals surface area contributed by atoms with Crippen LogP contribution in [0.4, 0.5) is 0 Å². The standard InChI is InChI=1S/C22H26ClN3O/c1-16(2)13-15-26-20-11-6-5-10-19(20)25-21(26)12-7-14-24-22(27)17-8-3-4-9-18(17)23/h3-6,8-11,16H,7,12-15H2,1-2H3,(H,24,27). The van der Waals surface area contributed by atoms with Gasteiger partial charge >= 0.3 is 0 Å². The Bertz CT molecular complexity index is 917. The maximum Gasteiger partial charge on any atom is 0.252 e. The first-order valence-corrected chi connectivity index (χ1v) is 9.91. The Hall–Kier alpha value is -2.33. The Morgan fingerprint density at radius 1 is 1.15 bits per heavy atom. The lowest BCUT2D eigenvalue weighted by atomic mass is 10.1. The number of carbonyl (C=O) groups is 1. The van der Waals surface area contributed by atoms with Crippen LogP contribution in [0.2, 0.25) is 5.02 Å². The number of rotatable bonds is 8. The van der Waals surface area contributed by atoms with E-state index in [0.717, 1.165) is 37.1 Å². The minimum Gasteiger partial charge on any atom is -0.352 e. The number of nitrogens with zero attached hydrogens (tertiary/aromatic N) is 2. The van der Waals surface area contributed by atoms with Crippen LogP contribution in [0, 0.1) is 5.92 Å². The summed E-state index contributed by atoms with van der Waals surface area (Å²) >= 11 is 6.08. The second-order valence-electron chi connectivity index (χ2n) is 7.19. The molecule has 0 aliphatic carbocycles. The summed E-state index contributed by atoms with van der Waals surface area (Å²) in [5, 5.41) is 3.43. The van der Waals surface area contributed by atoms with E-state index in [1.807, 2.05) is 18.2 Å². The number of amides is 1. The number of halogens is 1. The molecule has 0 atom stereocenters. The lowest BCUT2D eigenvalue weighted by Gasteiger charge is -2.11. The number of para-hydroxylation sites is 2. The highest BCUT2D eigenvalue weighted by Crippen LogP contribution is 2.19. The molecule has 0 saturated heterocycles. The van der Waals surface area contributed by atoms with Gasteiger partial charge in [0, 0.05) is 19.5 Å². The van der Waals surface area contributed by atoms with Gasteiger partial charge in [0.05, 0.1) is 21.6 Å². The van der Waals surface area contributed by atoms with Gasteiger partial charge in [0.2, 0.25) is 0 Å². The average Bonchev–Trinajstić information content (AvgIpc) is 3.01. The van der Waals surface area contributed by atoms with E-state index in [1.54, 1.807) is 12.1 Å². The van der Waals surface area contributed by atoms with Crippen LogP contribution >= 0.6 is 11.6 Å². The molecule has 3 rings (SSSR count). The van der Waals surface area contributed by atoms with E-state index in [2.05, 4.69) is 41.9 Å². The molecular formula is C22H26ClN3O. The number of hydrogen-bond donors (Lipinski definition) is 1. The lowest BCUT2D eigenvalue weighted by molar-refractivity contribution is 0.0953. The molecule has 0 fully saturated rings. The average molecular weight is 384 g/mol. The molecule has 1 heterocycles. The molecule has 2 aromatic carbocycles. The Balaban J connectivity index is 1.62. The van der Waals surface area contributed by atoms with Gasteiger partial charge in [-0.05, 0) is 43.0 Å². The third-order valence-corrected chi connectivity index (χ3v) is 4.97. The molecule has 5 heteroatoms. The van der Waals surface area contributed by atoms with Crippen molar-refractivity contribution in [2.45, 2.75) is 39.7 Å². The molecule has 0 bridgehead atoms. The van der Waals surface area contributed by atoms with Gasteiger partial charge in [0.1, 0.15) is 5.82 Å². The summed E-state index contributed by atoms with van der Waals surface area (Å²) < 4.78 is 2.32. The van der Waals surface area contributed by atoms with Gasteiger partial charge in [-0.1, -0.05) is 49.7 Å². The zero-order valence-electron chi connectivity index (χ0n) is 15.9. The van der Waals surface area contributed by atoms with E-state index in [0.29, 0.717) is 23.0 Å². The highest BCUT2D eigenvalue weighted by molar-refractivity contribution is 6.33. The summed E-state index contributed by atoms with van der Waals surface area (Å²) in [7, 11) is 0. The Morgan fingerprint density at radius 2 is 1.89 bits per heavy atom. The summed E-state index contributed by atoms with van der Waals surface area (Å²) in [6, 6.07) is 15.4. The molecule has 0 spiro atoms. The highest BCUT2D eigenvalue weighted by Gasteiger charge is 2.12. The maximum atomic E-state index is 12.2. The molecule has 1 amide bonds. The van der Waals surface area contributed by atoms with Crippen LogP contribution in [0.1, 0.15) is 42.9 Å². The van der Waals surface area contributed by atoms with Crippen LogP contribution in [0.15, 0.2) is 48.5 Å². The molecule has 0 aliphatic heterocycles. The van der Waals surface area contributed by atoms with Crippen molar-refractivity contribution in [3.8, 4) is 0 Å². The Morgan fingerprint density at radius 3 is 2.67 bits per heavy atom. The number of hydrogen-bond acceptors (Lipinski definition) is 2. The quantitative estimate of drug-likeness (QED) is 0.550. The molecule has 3 aromatic rings. The number of aryl methyl sites for hydroxylation is 2. The van der Waals surface area contributed by atoms with Crippen molar-refractivity contribution in [3.05, 3.63) is 64.9 Å². The maximum absolute atomic E-state index is 12.2.